The van der Waals surface area contributed by atoms with Crippen molar-refractivity contribution in [3.63, 3.8) is 0 Å². The second kappa shape index (κ2) is 11.0. The van der Waals surface area contributed by atoms with E-state index in [2.05, 4.69) is 20.6 Å². The molecule has 192 valence electrons. The second-order valence-corrected chi connectivity index (χ2v) is 9.25. The average molecular weight is 505 g/mol. The van der Waals surface area contributed by atoms with Gasteiger partial charge < -0.3 is 25.1 Å². The highest BCUT2D eigenvalue weighted by molar-refractivity contribution is 6.01. The molecule has 2 saturated heterocycles. The van der Waals surface area contributed by atoms with Gasteiger partial charge in [0.15, 0.2) is 24.8 Å². The highest BCUT2D eigenvalue weighted by Gasteiger charge is 2.25. The summed E-state index contributed by atoms with van der Waals surface area (Å²) in [5, 5.41) is 6.10. The van der Waals surface area contributed by atoms with Crippen LogP contribution in [0.15, 0.2) is 42.5 Å². The van der Waals surface area contributed by atoms with Crippen molar-refractivity contribution in [2.75, 3.05) is 26.3 Å². The van der Waals surface area contributed by atoms with E-state index in [0.29, 0.717) is 28.0 Å². The number of benzene rings is 2. The standard InChI is InChI=1S/C27H28N4O6/c32-23(14-36-26(34)20-3-1-11-28-20)16-5-7-17(8-6-16)25-30-19-10-9-18(13-22(19)31-25)24(33)15-37-27(35)21-4-2-12-29-21/h5-10,13,20-21,28-29H,1-4,11-12,14-15H2,(H,30,31). The minimum atomic E-state index is -0.401. The molecule has 2 aliphatic rings. The fourth-order valence-corrected chi connectivity index (χ4v) is 4.55. The largest absolute Gasteiger partial charge is 0.456 e. The summed E-state index contributed by atoms with van der Waals surface area (Å²) in [6.07, 6.45) is 3.28. The van der Waals surface area contributed by atoms with Crippen LogP contribution < -0.4 is 10.6 Å². The maximum absolute atomic E-state index is 12.6. The van der Waals surface area contributed by atoms with Crippen molar-refractivity contribution in [1.82, 2.24) is 20.6 Å². The number of aromatic amines is 1. The average Bonchev–Trinajstić information content (AvgIpc) is 3.71. The van der Waals surface area contributed by atoms with E-state index < -0.39 is 11.9 Å². The SMILES string of the molecule is O=C(COC(=O)C1CCCN1)c1ccc(-c2nc3ccc(C(=O)COC(=O)C4CCCN4)cc3[nH]2)cc1. The lowest BCUT2D eigenvalue weighted by atomic mass is 10.1. The molecule has 37 heavy (non-hydrogen) atoms. The number of Topliss-reactive ketones (excluding diaryl/α,β-unsaturated/α-hetero) is 2. The van der Waals surface area contributed by atoms with Gasteiger partial charge in [-0.1, -0.05) is 24.3 Å². The number of carbonyl (C=O) groups is 4. The first-order valence-corrected chi connectivity index (χ1v) is 12.4. The number of aromatic nitrogens is 2. The molecule has 0 amide bonds. The van der Waals surface area contributed by atoms with Crippen molar-refractivity contribution in [3.05, 3.63) is 53.6 Å². The van der Waals surface area contributed by atoms with Gasteiger partial charge in [0.25, 0.3) is 0 Å². The Kier molecular flexibility index (Phi) is 7.38. The molecule has 2 atom stereocenters. The number of ketones is 2. The van der Waals surface area contributed by atoms with Gasteiger partial charge in [-0.25, -0.2) is 4.98 Å². The first kappa shape index (κ1) is 24.8. The quantitative estimate of drug-likeness (QED) is 0.295. The van der Waals surface area contributed by atoms with Crippen LogP contribution in [0.1, 0.15) is 46.4 Å². The van der Waals surface area contributed by atoms with Gasteiger partial charge in [-0.05, 0) is 57.0 Å². The molecule has 3 N–H and O–H groups in total. The van der Waals surface area contributed by atoms with Crippen LogP contribution in [-0.4, -0.2) is 71.9 Å². The predicted octanol–water partition coefficient (Wildman–Crippen LogP) is 2.19. The Hall–Kier alpha value is -3.89. The lowest BCUT2D eigenvalue weighted by Gasteiger charge is -2.09. The minimum Gasteiger partial charge on any atom is -0.456 e. The topological polar surface area (TPSA) is 139 Å². The number of H-pyrrole nitrogens is 1. The molecule has 2 unspecified atom stereocenters. The molecule has 3 heterocycles. The zero-order valence-corrected chi connectivity index (χ0v) is 20.2. The molecule has 0 aliphatic carbocycles. The maximum Gasteiger partial charge on any atom is 0.323 e. The van der Waals surface area contributed by atoms with Crippen LogP contribution >= 0.6 is 0 Å². The zero-order chi connectivity index (χ0) is 25.8. The molecule has 0 saturated carbocycles. The Morgan fingerprint density at radius 2 is 1.35 bits per heavy atom. The van der Waals surface area contributed by atoms with Crippen LogP contribution in [0.4, 0.5) is 0 Å². The third-order valence-corrected chi connectivity index (χ3v) is 6.66. The number of rotatable bonds is 9. The van der Waals surface area contributed by atoms with Crippen molar-refractivity contribution >= 4 is 34.5 Å². The fourth-order valence-electron chi connectivity index (χ4n) is 4.55. The summed E-state index contributed by atoms with van der Waals surface area (Å²) in [7, 11) is 0. The molecule has 2 aromatic carbocycles. The van der Waals surface area contributed by atoms with Crippen molar-refractivity contribution < 1.29 is 28.7 Å². The van der Waals surface area contributed by atoms with Crippen molar-refractivity contribution in [1.29, 1.82) is 0 Å². The molecule has 3 aromatic rings. The number of hydrogen-bond donors (Lipinski definition) is 3. The molecule has 5 rings (SSSR count). The lowest BCUT2D eigenvalue weighted by molar-refractivity contribution is -0.145. The van der Waals surface area contributed by atoms with Crippen LogP contribution in [0, 0.1) is 0 Å². The van der Waals surface area contributed by atoms with E-state index in [1.807, 2.05) is 0 Å². The van der Waals surface area contributed by atoms with Crippen LogP contribution in [-0.2, 0) is 19.1 Å². The monoisotopic (exact) mass is 504 g/mol. The molecular formula is C27H28N4O6. The first-order chi connectivity index (χ1) is 18.0. The second-order valence-electron chi connectivity index (χ2n) is 9.25. The molecule has 0 spiro atoms. The van der Waals surface area contributed by atoms with E-state index in [1.165, 1.54) is 0 Å². The Bertz CT molecular complexity index is 1320. The van der Waals surface area contributed by atoms with Gasteiger partial charge >= 0.3 is 11.9 Å². The van der Waals surface area contributed by atoms with E-state index in [-0.39, 0.29) is 36.9 Å². The van der Waals surface area contributed by atoms with E-state index in [4.69, 9.17) is 9.47 Å². The molecule has 0 radical (unpaired) electrons. The highest BCUT2D eigenvalue weighted by Crippen LogP contribution is 2.22. The summed E-state index contributed by atoms with van der Waals surface area (Å²) in [4.78, 5) is 56.8. The summed E-state index contributed by atoms with van der Waals surface area (Å²) < 4.78 is 10.3. The predicted molar refractivity (Wildman–Crippen MR) is 134 cm³/mol. The molecule has 2 aliphatic heterocycles. The van der Waals surface area contributed by atoms with E-state index in [0.717, 1.165) is 44.3 Å². The highest BCUT2D eigenvalue weighted by atomic mass is 16.5. The molecular weight excluding hydrogens is 476 g/mol. The van der Waals surface area contributed by atoms with Crippen molar-refractivity contribution in [2.45, 2.75) is 37.8 Å². The number of nitrogens with zero attached hydrogens (tertiary/aromatic N) is 1. The summed E-state index contributed by atoms with van der Waals surface area (Å²) >= 11 is 0. The number of fused-ring (bicyclic) bond motifs is 1. The molecule has 10 nitrogen and oxygen atoms in total. The number of ether oxygens (including phenoxy) is 2. The number of esters is 2. The Morgan fingerprint density at radius 3 is 1.92 bits per heavy atom. The Labute approximate surface area is 213 Å². The van der Waals surface area contributed by atoms with Crippen LogP contribution in [0.25, 0.3) is 22.4 Å². The van der Waals surface area contributed by atoms with Gasteiger partial charge in [0.1, 0.15) is 17.9 Å². The summed E-state index contributed by atoms with van der Waals surface area (Å²) in [5.41, 5.74) is 2.94. The number of nitrogens with one attached hydrogen (secondary N) is 3. The summed E-state index contributed by atoms with van der Waals surface area (Å²) in [6.45, 7) is 0.942. The van der Waals surface area contributed by atoms with Crippen LogP contribution in [0.2, 0.25) is 0 Å². The maximum atomic E-state index is 12.6. The minimum absolute atomic E-state index is 0.282. The van der Waals surface area contributed by atoms with Gasteiger partial charge in [-0.3, -0.25) is 19.2 Å². The molecule has 0 bridgehead atoms. The van der Waals surface area contributed by atoms with E-state index >= 15 is 0 Å². The van der Waals surface area contributed by atoms with Gasteiger partial charge in [0.05, 0.1) is 11.0 Å². The normalized spacial score (nSPS) is 19.1. The zero-order valence-electron chi connectivity index (χ0n) is 20.2. The fraction of sp³-hybridized carbons (Fsp3) is 0.370. The van der Waals surface area contributed by atoms with Crippen LogP contribution in [0.3, 0.4) is 0 Å². The van der Waals surface area contributed by atoms with Crippen molar-refractivity contribution in [3.8, 4) is 11.4 Å². The van der Waals surface area contributed by atoms with Crippen LogP contribution in [0.5, 0.6) is 0 Å². The summed E-state index contributed by atoms with van der Waals surface area (Å²) in [6, 6.07) is 11.2. The van der Waals surface area contributed by atoms with E-state index in [9.17, 15) is 19.2 Å². The molecule has 10 heteroatoms. The van der Waals surface area contributed by atoms with Crippen molar-refractivity contribution in [2.24, 2.45) is 0 Å². The Morgan fingerprint density at radius 1 is 0.784 bits per heavy atom. The van der Waals surface area contributed by atoms with Gasteiger partial charge in [-0.2, -0.15) is 0 Å². The smallest absolute Gasteiger partial charge is 0.323 e. The number of carbonyl (C=O) groups excluding carboxylic acids is 4. The van der Waals surface area contributed by atoms with E-state index in [1.54, 1.807) is 42.5 Å². The number of imidazole rings is 1. The van der Waals surface area contributed by atoms with Gasteiger partial charge in [0.2, 0.25) is 0 Å². The van der Waals surface area contributed by atoms with Gasteiger partial charge in [-0.15, -0.1) is 0 Å². The number of hydrogen-bond acceptors (Lipinski definition) is 9. The lowest BCUT2D eigenvalue weighted by Crippen LogP contribution is -2.33. The third kappa shape index (κ3) is 5.76. The first-order valence-electron chi connectivity index (χ1n) is 12.4. The molecule has 2 fully saturated rings. The van der Waals surface area contributed by atoms with Gasteiger partial charge in [0, 0.05) is 16.7 Å². The summed E-state index contributed by atoms with van der Waals surface area (Å²) in [5.74, 6) is -0.795. The third-order valence-electron chi connectivity index (χ3n) is 6.66. The molecule has 1 aromatic heterocycles. The Balaban J connectivity index is 1.20.